The molecule has 8 nitrogen and oxygen atoms in total. The van der Waals surface area contributed by atoms with E-state index in [9.17, 15) is 4.79 Å². The van der Waals surface area contributed by atoms with Crippen molar-refractivity contribution in [2.24, 2.45) is 0 Å². The average molecular weight is 458 g/mol. The monoisotopic (exact) mass is 457 g/mol. The van der Waals surface area contributed by atoms with Crippen molar-refractivity contribution >= 4 is 56.5 Å². The molecule has 0 radical (unpaired) electrons. The first kappa shape index (κ1) is 23.3. The van der Waals surface area contributed by atoms with Gasteiger partial charge in [-0.3, -0.25) is 9.69 Å². The van der Waals surface area contributed by atoms with Gasteiger partial charge in [0.1, 0.15) is 26.6 Å². The molecule has 3 aromatic rings. The maximum Gasteiger partial charge on any atom is 0.273 e. The number of benzene rings is 1. The topological polar surface area (TPSA) is 80.7 Å². The van der Waals surface area contributed by atoms with E-state index in [1.165, 1.54) is 11.3 Å². The number of hydrogen-bond acceptors (Lipinski definition) is 9. The molecule has 2 heterocycles. The fourth-order valence-corrected chi connectivity index (χ4v) is 4.47. The third-order valence-electron chi connectivity index (χ3n) is 4.21. The zero-order valence-corrected chi connectivity index (χ0v) is 19.4. The molecule has 0 aliphatic heterocycles. The van der Waals surface area contributed by atoms with E-state index in [0.717, 1.165) is 29.2 Å². The highest BCUT2D eigenvalue weighted by Crippen LogP contribution is 2.40. The number of hydrogen-bond donors (Lipinski definition) is 0. The van der Waals surface area contributed by atoms with Gasteiger partial charge in [-0.05, 0) is 57.6 Å². The molecule has 29 heavy (non-hydrogen) atoms. The second kappa shape index (κ2) is 10.1. The van der Waals surface area contributed by atoms with Crippen LogP contribution < -0.4 is 14.4 Å². The van der Waals surface area contributed by atoms with Gasteiger partial charge in [0.2, 0.25) is 0 Å². The molecule has 0 atom stereocenters. The molecule has 0 aliphatic rings. The Labute approximate surface area is 184 Å². The van der Waals surface area contributed by atoms with E-state index in [2.05, 4.69) is 14.5 Å². The number of aryl methyl sites for hydroxylation is 1. The number of thiazole rings is 1. The van der Waals surface area contributed by atoms with Crippen molar-refractivity contribution in [1.29, 1.82) is 0 Å². The van der Waals surface area contributed by atoms with Crippen LogP contribution in [0, 0.1) is 6.92 Å². The van der Waals surface area contributed by atoms with Crippen LogP contribution >= 0.6 is 35.3 Å². The highest BCUT2D eigenvalue weighted by atomic mass is 35.5. The molecular weight excluding hydrogens is 434 g/mol. The summed E-state index contributed by atoms with van der Waals surface area (Å²) in [7, 11) is 7.24. The standard InChI is InChI=1S/C18H23N5O3S2.ClH/c1-11-15(28-21-20-11)17(24)23(10-6-9-22(2)3)18-19-14-12(25-4)7-8-13(26-5)16(14)27-18;/h7-8H,6,9-10H2,1-5H3;1H. The first-order valence-electron chi connectivity index (χ1n) is 8.73. The largest absolute Gasteiger partial charge is 0.495 e. The van der Waals surface area contributed by atoms with Gasteiger partial charge in [0.25, 0.3) is 5.91 Å². The van der Waals surface area contributed by atoms with Crippen LogP contribution in [0.1, 0.15) is 21.8 Å². The fraction of sp³-hybridized carbons (Fsp3) is 0.444. The van der Waals surface area contributed by atoms with E-state index >= 15 is 0 Å². The molecule has 11 heteroatoms. The van der Waals surface area contributed by atoms with Crippen molar-refractivity contribution in [3.05, 3.63) is 22.7 Å². The first-order chi connectivity index (χ1) is 13.5. The zero-order chi connectivity index (χ0) is 20.3. The van der Waals surface area contributed by atoms with Crippen LogP contribution in [0.25, 0.3) is 10.2 Å². The molecule has 0 fully saturated rings. The normalized spacial score (nSPS) is 10.8. The summed E-state index contributed by atoms with van der Waals surface area (Å²) < 4.78 is 15.7. The summed E-state index contributed by atoms with van der Waals surface area (Å²) in [4.78, 5) is 22.3. The number of aromatic nitrogens is 3. The minimum Gasteiger partial charge on any atom is -0.495 e. The number of methoxy groups -OCH3 is 2. The summed E-state index contributed by atoms with van der Waals surface area (Å²) in [5.41, 5.74) is 1.32. The lowest BCUT2D eigenvalue weighted by Crippen LogP contribution is -2.33. The number of carbonyl (C=O) groups is 1. The van der Waals surface area contributed by atoms with Crippen LogP contribution in [0.4, 0.5) is 5.13 Å². The van der Waals surface area contributed by atoms with Crippen LogP contribution in [-0.2, 0) is 0 Å². The molecular formula is C18H24ClN5O3S2. The number of amides is 1. The lowest BCUT2D eigenvalue weighted by atomic mass is 10.3. The smallest absolute Gasteiger partial charge is 0.273 e. The van der Waals surface area contributed by atoms with E-state index in [1.54, 1.807) is 26.0 Å². The van der Waals surface area contributed by atoms with E-state index in [-0.39, 0.29) is 18.3 Å². The Morgan fingerprint density at radius 3 is 2.41 bits per heavy atom. The van der Waals surface area contributed by atoms with Gasteiger partial charge in [0.15, 0.2) is 5.13 Å². The van der Waals surface area contributed by atoms with Crippen LogP contribution in [0.2, 0.25) is 0 Å². The molecule has 0 saturated heterocycles. The van der Waals surface area contributed by atoms with Crippen LogP contribution in [-0.4, -0.2) is 66.8 Å². The van der Waals surface area contributed by atoms with Gasteiger partial charge in [-0.15, -0.1) is 17.5 Å². The molecule has 3 rings (SSSR count). The molecule has 0 saturated carbocycles. The number of nitrogens with zero attached hydrogens (tertiary/aromatic N) is 5. The van der Waals surface area contributed by atoms with Crippen molar-refractivity contribution in [3.63, 3.8) is 0 Å². The van der Waals surface area contributed by atoms with E-state index in [1.807, 2.05) is 26.2 Å². The van der Waals surface area contributed by atoms with Crippen LogP contribution in [0.5, 0.6) is 11.5 Å². The van der Waals surface area contributed by atoms with Gasteiger partial charge in [-0.25, -0.2) is 4.98 Å². The Kier molecular flexibility index (Phi) is 8.14. The summed E-state index contributed by atoms with van der Waals surface area (Å²) in [6, 6.07) is 3.67. The third-order valence-corrected chi connectivity index (χ3v) is 6.12. The van der Waals surface area contributed by atoms with E-state index in [0.29, 0.717) is 39.3 Å². The molecule has 0 spiro atoms. The number of fused-ring (bicyclic) bond motifs is 1. The third kappa shape index (κ3) is 4.95. The van der Waals surface area contributed by atoms with Gasteiger partial charge in [0, 0.05) is 6.54 Å². The SMILES string of the molecule is COc1ccc(OC)c2sc(N(CCCN(C)C)C(=O)c3snnc3C)nc12.Cl. The molecule has 0 bridgehead atoms. The first-order valence-corrected chi connectivity index (χ1v) is 10.3. The minimum absolute atomic E-state index is 0. The Morgan fingerprint density at radius 1 is 1.14 bits per heavy atom. The number of anilines is 1. The second-order valence-electron chi connectivity index (χ2n) is 6.45. The average Bonchev–Trinajstić information content (AvgIpc) is 3.30. The van der Waals surface area contributed by atoms with Gasteiger partial charge < -0.3 is 14.4 Å². The van der Waals surface area contributed by atoms with Gasteiger partial charge >= 0.3 is 0 Å². The summed E-state index contributed by atoms with van der Waals surface area (Å²) in [5.74, 6) is 1.22. The second-order valence-corrected chi connectivity index (χ2v) is 8.18. The molecule has 1 amide bonds. The Balaban J connectivity index is 0.00000300. The zero-order valence-electron chi connectivity index (χ0n) is 17.0. The number of rotatable bonds is 8. The Bertz CT molecular complexity index is 935. The predicted molar refractivity (Wildman–Crippen MR) is 119 cm³/mol. The number of halogens is 1. The highest BCUT2D eigenvalue weighted by molar-refractivity contribution is 7.22. The molecule has 158 valence electrons. The molecule has 0 N–H and O–H groups in total. The maximum atomic E-state index is 13.2. The molecule has 0 unspecified atom stereocenters. The van der Waals surface area contributed by atoms with Crippen LogP contribution in [0.3, 0.4) is 0 Å². The van der Waals surface area contributed by atoms with Crippen molar-refractivity contribution < 1.29 is 14.3 Å². The van der Waals surface area contributed by atoms with Crippen LogP contribution in [0.15, 0.2) is 12.1 Å². The summed E-state index contributed by atoms with van der Waals surface area (Å²) >= 11 is 2.52. The Hall–Kier alpha value is -2.01. The number of ether oxygens (including phenoxy) is 2. The lowest BCUT2D eigenvalue weighted by molar-refractivity contribution is 0.0989. The van der Waals surface area contributed by atoms with Crippen molar-refractivity contribution in [1.82, 2.24) is 19.5 Å². The van der Waals surface area contributed by atoms with E-state index < -0.39 is 0 Å². The van der Waals surface area contributed by atoms with Gasteiger partial charge in [0.05, 0.1) is 19.9 Å². The van der Waals surface area contributed by atoms with Gasteiger partial charge in [-0.1, -0.05) is 15.8 Å². The summed E-state index contributed by atoms with van der Waals surface area (Å²) in [5, 5.41) is 4.58. The number of carbonyl (C=O) groups excluding carboxylic acids is 1. The highest BCUT2D eigenvalue weighted by Gasteiger charge is 2.26. The summed E-state index contributed by atoms with van der Waals surface area (Å²) in [6.07, 6.45) is 0.814. The van der Waals surface area contributed by atoms with Gasteiger partial charge in [-0.2, -0.15) is 0 Å². The molecule has 2 aromatic heterocycles. The fourth-order valence-electron chi connectivity index (χ4n) is 2.77. The molecule has 1 aromatic carbocycles. The van der Waals surface area contributed by atoms with Crippen molar-refractivity contribution in [2.45, 2.75) is 13.3 Å². The maximum absolute atomic E-state index is 13.2. The lowest BCUT2D eigenvalue weighted by Gasteiger charge is -2.20. The van der Waals surface area contributed by atoms with E-state index in [4.69, 9.17) is 14.5 Å². The van der Waals surface area contributed by atoms with Crippen molar-refractivity contribution in [3.8, 4) is 11.5 Å². The van der Waals surface area contributed by atoms with Crippen molar-refractivity contribution in [2.75, 3.05) is 46.3 Å². The predicted octanol–water partition coefficient (Wildman–Crippen LogP) is 3.49. The molecule has 0 aliphatic carbocycles. The minimum atomic E-state index is -0.136. The quantitative estimate of drug-likeness (QED) is 0.512. The summed E-state index contributed by atoms with van der Waals surface area (Å²) in [6.45, 7) is 3.19. The Morgan fingerprint density at radius 2 is 1.83 bits per heavy atom.